The van der Waals surface area contributed by atoms with Crippen molar-refractivity contribution in [3.8, 4) is 0 Å². The van der Waals surface area contributed by atoms with Gasteiger partial charge in [0, 0.05) is 11.9 Å². The maximum atomic E-state index is 12.5. The van der Waals surface area contributed by atoms with E-state index in [-0.39, 0.29) is 22.4 Å². The lowest BCUT2D eigenvalue weighted by molar-refractivity contribution is 0.102. The highest BCUT2D eigenvalue weighted by Gasteiger charge is 2.16. The number of thioether (sulfide) groups is 1. The van der Waals surface area contributed by atoms with Crippen LogP contribution in [-0.4, -0.2) is 16.6 Å². The average Bonchev–Trinajstić information content (AvgIpc) is 2.43. The molecule has 0 fully saturated rings. The van der Waals surface area contributed by atoms with Gasteiger partial charge < -0.3 is 5.32 Å². The van der Waals surface area contributed by atoms with Gasteiger partial charge in [-0.15, -0.1) is 0 Å². The van der Waals surface area contributed by atoms with Gasteiger partial charge in [-0.1, -0.05) is 6.07 Å². The molecule has 0 radical (unpaired) electrons. The number of nitrogens with one attached hydrogen (secondary N) is 1. The van der Waals surface area contributed by atoms with Gasteiger partial charge in [0.05, 0.1) is 5.56 Å². The first-order valence-corrected chi connectivity index (χ1v) is 7.14. The van der Waals surface area contributed by atoms with Crippen LogP contribution in [0.5, 0.6) is 0 Å². The molecular formula is C15H14F2N2OS. The normalized spacial score (nSPS) is 10.7. The molecule has 0 atom stereocenters. The number of rotatable bonds is 4. The van der Waals surface area contributed by atoms with Gasteiger partial charge in [-0.25, -0.2) is 4.98 Å². The number of amides is 1. The number of halogens is 2. The molecule has 0 spiro atoms. The molecule has 110 valence electrons. The molecule has 6 heteroatoms. The van der Waals surface area contributed by atoms with Gasteiger partial charge in [-0.3, -0.25) is 4.79 Å². The van der Waals surface area contributed by atoms with E-state index < -0.39 is 11.7 Å². The molecule has 0 aliphatic carbocycles. The molecule has 0 saturated heterocycles. The van der Waals surface area contributed by atoms with Gasteiger partial charge >= 0.3 is 0 Å². The first kappa shape index (κ1) is 15.4. The third kappa shape index (κ3) is 4.01. The third-order valence-corrected chi connectivity index (χ3v) is 3.71. The standard InChI is InChI=1S/C15H14F2N2OS/c1-9-5-6-11(8-10(9)2)19-13(20)12-4-3-7-18-14(12)21-15(16)17/h3-8,15H,1-2H3,(H,19,20). The van der Waals surface area contributed by atoms with Crippen LogP contribution in [0.25, 0.3) is 0 Å². The highest BCUT2D eigenvalue weighted by Crippen LogP contribution is 2.27. The number of aromatic nitrogens is 1. The summed E-state index contributed by atoms with van der Waals surface area (Å²) < 4.78 is 25.0. The van der Waals surface area contributed by atoms with E-state index in [1.165, 1.54) is 12.3 Å². The van der Waals surface area contributed by atoms with Crippen LogP contribution < -0.4 is 5.32 Å². The fraction of sp³-hybridized carbons (Fsp3) is 0.200. The summed E-state index contributed by atoms with van der Waals surface area (Å²) >= 11 is 0.264. The summed E-state index contributed by atoms with van der Waals surface area (Å²) in [6, 6.07) is 8.53. The van der Waals surface area contributed by atoms with Crippen LogP contribution in [0.4, 0.5) is 14.5 Å². The maximum absolute atomic E-state index is 12.5. The Morgan fingerprint density at radius 2 is 2.00 bits per heavy atom. The molecular weight excluding hydrogens is 294 g/mol. The minimum absolute atomic E-state index is 0.0221. The predicted molar refractivity (Wildman–Crippen MR) is 80.0 cm³/mol. The SMILES string of the molecule is Cc1ccc(NC(=O)c2cccnc2SC(F)F)cc1C. The van der Waals surface area contributed by atoms with Crippen molar-refractivity contribution in [2.75, 3.05) is 5.32 Å². The van der Waals surface area contributed by atoms with Crippen LogP contribution >= 0.6 is 11.8 Å². The second-order valence-electron chi connectivity index (χ2n) is 4.49. The van der Waals surface area contributed by atoms with Crippen LogP contribution in [-0.2, 0) is 0 Å². The van der Waals surface area contributed by atoms with Gasteiger partial charge in [0.25, 0.3) is 11.7 Å². The molecule has 0 bridgehead atoms. The molecule has 3 nitrogen and oxygen atoms in total. The Balaban J connectivity index is 2.22. The Morgan fingerprint density at radius 1 is 1.24 bits per heavy atom. The van der Waals surface area contributed by atoms with Gasteiger partial charge in [0.15, 0.2) is 0 Å². The number of hydrogen-bond acceptors (Lipinski definition) is 3. The summed E-state index contributed by atoms with van der Waals surface area (Å²) in [5.74, 6) is -3.07. The molecule has 0 saturated carbocycles. The quantitative estimate of drug-likeness (QED) is 0.858. The summed E-state index contributed by atoms with van der Waals surface area (Å²) in [6.45, 7) is 3.91. The smallest absolute Gasteiger partial charge is 0.290 e. The van der Waals surface area contributed by atoms with Gasteiger partial charge in [-0.05, 0) is 61.0 Å². The molecule has 21 heavy (non-hydrogen) atoms. The fourth-order valence-electron chi connectivity index (χ4n) is 1.76. The van der Waals surface area contributed by atoms with Crippen molar-refractivity contribution in [1.29, 1.82) is 0 Å². The van der Waals surface area contributed by atoms with Crippen molar-refractivity contribution in [3.63, 3.8) is 0 Å². The lowest BCUT2D eigenvalue weighted by Gasteiger charge is -2.10. The lowest BCUT2D eigenvalue weighted by atomic mass is 10.1. The highest BCUT2D eigenvalue weighted by atomic mass is 32.2. The van der Waals surface area contributed by atoms with Crippen LogP contribution in [0.1, 0.15) is 21.5 Å². The number of aryl methyl sites for hydroxylation is 2. The number of anilines is 1. The van der Waals surface area contributed by atoms with E-state index in [4.69, 9.17) is 0 Å². The van der Waals surface area contributed by atoms with E-state index in [9.17, 15) is 13.6 Å². The Kier molecular flexibility index (Phi) is 4.90. The molecule has 2 rings (SSSR count). The number of hydrogen-bond donors (Lipinski definition) is 1. The van der Waals surface area contributed by atoms with Crippen molar-refractivity contribution in [3.05, 3.63) is 53.2 Å². The molecule has 1 aromatic carbocycles. The molecule has 1 N–H and O–H groups in total. The second-order valence-corrected chi connectivity index (χ2v) is 5.47. The summed E-state index contributed by atoms with van der Waals surface area (Å²) in [7, 11) is 0. The lowest BCUT2D eigenvalue weighted by Crippen LogP contribution is -2.14. The molecule has 0 unspecified atom stereocenters. The van der Waals surface area contributed by atoms with E-state index in [1.54, 1.807) is 12.1 Å². The topological polar surface area (TPSA) is 42.0 Å². The monoisotopic (exact) mass is 308 g/mol. The first-order valence-electron chi connectivity index (χ1n) is 6.26. The zero-order valence-electron chi connectivity index (χ0n) is 11.6. The van der Waals surface area contributed by atoms with Crippen LogP contribution in [0.2, 0.25) is 0 Å². The van der Waals surface area contributed by atoms with Gasteiger partial charge in [0.2, 0.25) is 0 Å². The molecule has 1 heterocycles. The Morgan fingerprint density at radius 3 is 2.67 bits per heavy atom. The van der Waals surface area contributed by atoms with Crippen molar-refractivity contribution in [2.24, 2.45) is 0 Å². The molecule has 1 aromatic heterocycles. The summed E-state index contributed by atoms with van der Waals surface area (Å²) in [5.41, 5.74) is 2.92. The molecule has 0 aliphatic heterocycles. The zero-order valence-corrected chi connectivity index (χ0v) is 12.4. The van der Waals surface area contributed by atoms with Crippen molar-refractivity contribution in [1.82, 2.24) is 4.98 Å². The highest BCUT2D eigenvalue weighted by molar-refractivity contribution is 7.99. The number of carbonyl (C=O) groups is 1. The Hall–Kier alpha value is -1.95. The van der Waals surface area contributed by atoms with E-state index in [1.807, 2.05) is 26.0 Å². The summed E-state index contributed by atoms with van der Waals surface area (Å²) in [5, 5.41) is 2.72. The summed E-state index contributed by atoms with van der Waals surface area (Å²) in [4.78, 5) is 16.0. The largest absolute Gasteiger partial charge is 0.322 e. The van der Waals surface area contributed by atoms with E-state index >= 15 is 0 Å². The minimum Gasteiger partial charge on any atom is -0.322 e. The molecule has 1 amide bonds. The maximum Gasteiger partial charge on any atom is 0.290 e. The van der Waals surface area contributed by atoms with Crippen molar-refractivity contribution >= 4 is 23.4 Å². The number of carbonyl (C=O) groups excluding carboxylic acids is 1. The number of nitrogens with zero attached hydrogens (tertiary/aromatic N) is 1. The minimum atomic E-state index is -2.62. The number of benzene rings is 1. The number of pyridine rings is 1. The van der Waals surface area contributed by atoms with E-state index in [0.717, 1.165) is 11.1 Å². The van der Waals surface area contributed by atoms with E-state index in [0.29, 0.717) is 5.69 Å². The number of alkyl halides is 2. The van der Waals surface area contributed by atoms with Gasteiger partial charge in [0.1, 0.15) is 5.03 Å². The Labute approximate surface area is 125 Å². The van der Waals surface area contributed by atoms with Crippen molar-refractivity contribution in [2.45, 2.75) is 24.6 Å². The third-order valence-electron chi connectivity index (χ3n) is 2.98. The summed E-state index contributed by atoms with van der Waals surface area (Å²) in [6.07, 6.45) is 1.39. The van der Waals surface area contributed by atoms with E-state index in [2.05, 4.69) is 10.3 Å². The second kappa shape index (κ2) is 6.67. The van der Waals surface area contributed by atoms with Crippen LogP contribution in [0.3, 0.4) is 0 Å². The molecule has 2 aromatic rings. The molecule has 0 aliphatic rings. The van der Waals surface area contributed by atoms with Crippen LogP contribution in [0, 0.1) is 13.8 Å². The van der Waals surface area contributed by atoms with Crippen molar-refractivity contribution < 1.29 is 13.6 Å². The predicted octanol–water partition coefficient (Wildman–Crippen LogP) is 4.27. The van der Waals surface area contributed by atoms with Gasteiger partial charge in [-0.2, -0.15) is 8.78 Å². The first-order chi connectivity index (χ1) is 9.97. The van der Waals surface area contributed by atoms with Crippen LogP contribution in [0.15, 0.2) is 41.6 Å². The average molecular weight is 308 g/mol. The zero-order chi connectivity index (χ0) is 15.4. The Bertz CT molecular complexity index is 662. The fourth-order valence-corrected chi connectivity index (χ4v) is 2.34.